The molecule has 2 N–H and O–H groups in total. The molecule has 2 aromatic carbocycles. The molecule has 1 saturated heterocycles. The third kappa shape index (κ3) is 5.17. The molecule has 1 fully saturated rings. The number of nitrogens with zero attached hydrogens (tertiary/aromatic N) is 3. The van der Waals surface area contributed by atoms with Crippen LogP contribution in [0.2, 0.25) is 0 Å². The summed E-state index contributed by atoms with van der Waals surface area (Å²) in [6, 6.07) is 12.4. The molecule has 0 radical (unpaired) electrons. The monoisotopic (exact) mass is 565 g/mol. The number of benzene rings is 2. The number of amides is 1. The van der Waals surface area contributed by atoms with Crippen LogP contribution in [0.15, 0.2) is 45.3 Å². The van der Waals surface area contributed by atoms with E-state index in [0.717, 1.165) is 30.8 Å². The van der Waals surface area contributed by atoms with Crippen molar-refractivity contribution in [2.24, 2.45) is 0 Å². The third-order valence-electron chi connectivity index (χ3n) is 5.93. The number of aromatic nitrogens is 1. The van der Waals surface area contributed by atoms with E-state index in [1.54, 1.807) is 4.90 Å². The van der Waals surface area contributed by atoms with E-state index < -0.39 is 12.1 Å². The van der Waals surface area contributed by atoms with Gasteiger partial charge in [0.15, 0.2) is 0 Å². The summed E-state index contributed by atoms with van der Waals surface area (Å²) in [6.45, 7) is 3.45. The molecular formula is C23H25Br2N3O4. The Morgan fingerprint density at radius 3 is 1.97 bits per heavy atom. The Kier molecular flexibility index (Phi) is 7.19. The lowest BCUT2D eigenvalue weighted by Crippen LogP contribution is -2.50. The van der Waals surface area contributed by atoms with Crippen LogP contribution in [0.1, 0.15) is 12.8 Å². The van der Waals surface area contributed by atoms with Crippen molar-refractivity contribution in [3.63, 3.8) is 0 Å². The van der Waals surface area contributed by atoms with Crippen molar-refractivity contribution in [3.05, 3.63) is 45.3 Å². The van der Waals surface area contributed by atoms with Crippen molar-refractivity contribution in [3.8, 4) is 0 Å². The summed E-state index contributed by atoms with van der Waals surface area (Å²) in [5, 5.41) is 21.9. The summed E-state index contributed by atoms with van der Waals surface area (Å²) in [5.41, 5.74) is 2.16. The van der Waals surface area contributed by atoms with Gasteiger partial charge in [0, 0.05) is 69.9 Å². The van der Waals surface area contributed by atoms with E-state index in [9.17, 15) is 14.7 Å². The van der Waals surface area contributed by atoms with Crippen molar-refractivity contribution >= 4 is 65.5 Å². The second kappa shape index (κ2) is 9.91. The number of aliphatic hydroxyl groups excluding tert-OH is 1. The predicted octanol–water partition coefficient (Wildman–Crippen LogP) is 3.69. The quantitative estimate of drug-likeness (QED) is 0.455. The average Bonchev–Trinajstić information content (AvgIpc) is 3.04. The summed E-state index contributed by atoms with van der Waals surface area (Å²) < 4.78 is 4.19. The molecule has 0 saturated carbocycles. The first kappa shape index (κ1) is 23.2. The third-order valence-corrected chi connectivity index (χ3v) is 6.92. The van der Waals surface area contributed by atoms with Gasteiger partial charge in [-0.1, -0.05) is 31.9 Å². The van der Waals surface area contributed by atoms with Crippen LogP contribution < -0.4 is 0 Å². The number of piperazine rings is 1. The van der Waals surface area contributed by atoms with Gasteiger partial charge < -0.3 is 19.7 Å². The van der Waals surface area contributed by atoms with E-state index in [0.29, 0.717) is 39.3 Å². The summed E-state index contributed by atoms with van der Waals surface area (Å²) in [5.74, 6) is -1.07. The molecule has 2 heterocycles. The van der Waals surface area contributed by atoms with Crippen LogP contribution in [0.4, 0.5) is 0 Å². The average molecular weight is 567 g/mol. The van der Waals surface area contributed by atoms with Crippen LogP contribution in [0.5, 0.6) is 0 Å². The molecule has 7 nitrogen and oxygen atoms in total. The maximum absolute atomic E-state index is 12.1. The normalized spacial score (nSPS) is 16.0. The molecule has 4 rings (SSSR count). The van der Waals surface area contributed by atoms with E-state index in [2.05, 4.69) is 65.6 Å². The number of aliphatic carboxylic acids is 1. The molecule has 1 aromatic heterocycles. The fraction of sp³-hybridized carbons (Fsp3) is 0.391. The number of halogens is 2. The number of carboxylic acid groups (broad SMARTS) is 1. The van der Waals surface area contributed by atoms with Gasteiger partial charge in [0.2, 0.25) is 5.91 Å². The number of carboxylic acids is 1. The molecule has 1 aliphatic heterocycles. The number of carbonyl (C=O) groups is 2. The SMILES string of the molecule is O=C(O)CCC(=O)N1CCN(C[C@@H](O)Cn2c3ccc(Br)cc3c3cc(Br)ccc32)CC1. The Morgan fingerprint density at radius 1 is 0.875 bits per heavy atom. The number of aliphatic hydroxyl groups is 1. The van der Waals surface area contributed by atoms with E-state index in [1.807, 2.05) is 12.1 Å². The molecule has 3 aromatic rings. The van der Waals surface area contributed by atoms with Crippen molar-refractivity contribution in [2.75, 3.05) is 32.7 Å². The van der Waals surface area contributed by atoms with Gasteiger partial charge in [0.25, 0.3) is 0 Å². The predicted molar refractivity (Wildman–Crippen MR) is 131 cm³/mol. The van der Waals surface area contributed by atoms with Gasteiger partial charge in [-0.3, -0.25) is 14.5 Å². The minimum Gasteiger partial charge on any atom is -0.481 e. The zero-order chi connectivity index (χ0) is 22.8. The molecule has 170 valence electrons. The topological polar surface area (TPSA) is 86.0 Å². The first-order valence-electron chi connectivity index (χ1n) is 10.6. The highest BCUT2D eigenvalue weighted by molar-refractivity contribution is 9.10. The first-order chi connectivity index (χ1) is 15.3. The van der Waals surface area contributed by atoms with E-state index in [1.165, 1.54) is 0 Å². The Morgan fingerprint density at radius 2 is 1.44 bits per heavy atom. The second-order valence-corrected chi connectivity index (χ2v) is 9.99. The van der Waals surface area contributed by atoms with Gasteiger partial charge in [0.1, 0.15) is 0 Å². The highest BCUT2D eigenvalue weighted by atomic mass is 79.9. The molecule has 0 spiro atoms. The zero-order valence-electron chi connectivity index (χ0n) is 17.5. The molecule has 0 aliphatic carbocycles. The maximum atomic E-state index is 12.1. The first-order valence-corrected chi connectivity index (χ1v) is 12.2. The Balaban J connectivity index is 1.42. The van der Waals surface area contributed by atoms with Gasteiger partial charge in [0.05, 0.1) is 19.1 Å². The minimum atomic E-state index is -0.954. The molecule has 1 aliphatic rings. The number of rotatable bonds is 7. The van der Waals surface area contributed by atoms with Gasteiger partial charge in [-0.2, -0.15) is 0 Å². The molecular weight excluding hydrogens is 542 g/mol. The fourth-order valence-corrected chi connectivity index (χ4v) is 5.09. The summed E-state index contributed by atoms with van der Waals surface area (Å²) in [7, 11) is 0. The van der Waals surface area contributed by atoms with Crippen molar-refractivity contribution < 1.29 is 19.8 Å². The second-order valence-electron chi connectivity index (χ2n) is 8.16. The summed E-state index contributed by atoms with van der Waals surface area (Å²) >= 11 is 7.12. The number of hydrogen-bond acceptors (Lipinski definition) is 4. The van der Waals surface area contributed by atoms with Gasteiger partial charge in [-0.05, 0) is 36.4 Å². The van der Waals surface area contributed by atoms with Gasteiger partial charge >= 0.3 is 5.97 Å². The highest BCUT2D eigenvalue weighted by Gasteiger charge is 2.23. The van der Waals surface area contributed by atoms with E-state index >= 15 is 0 Å². The lowest BCUT2D eigenvalue weighted by Gasteiger charge is -2.35. The summed E-state index contributed by atoms with van der Waals surface area (Å²) in [6.07, 6.45) is -0.655. The number of carbonyl (C=O) groups excluding carboxylic acids is 1. The molecule has 1 amide bonds. The van der Waals surface area contributed by atoms with Crippen LogP contribution in [0, 0.1) is 0 Å². The molecule has 0 unspecified atom stereocenters. The largest absolute Gasteiger partial charge is 0.481 e. The van der Waals surface area contributed by atoms with Crippen LogP contribution in [-0.4, -0.2) is 75.3 Å². The fourth-order valence-electron chi connectivity index (χ4n) is 4.36. The number of hydrogen-bond donors (Lipinski definition) is 2. The number of fused-ring (bicyclic) bond motifs is 3. The molecule has 0 bridgehead atoms. The van der Waals surface area contributed by atoms with Gasteiger partial charge in [-0.15, -0.1) is 0 Å². The molecule has 9 heteroatoms. The lowest BCUT2D eigenvalue weighted by molar-refractivity contribution is -0.141. The van der Waals surface area contributed by atoms with Crippen LogP contribution >= 0.6 is 31.9 Å². The van der Waals surface area contributed by atoms with Crippen LogP contribution in [-0.2, 0) is 16.1 Å². The van der Waals surface area contributed by atoms with E-state index in [4.69, 9.17) is 5.11 Å². The minimum absolute atomic E-state index is 0.0396. The standard InChI is InChI=1S/C23H25Br2N3O4/c24-15-1-3-20-18(11-15)19-12-16(25)2-4-21(19)28(20)14-17(29)13-26-7-9-27(10-8-26)22(30)5-6-23(31)32/h1-4,11-12,17,29H,5-10,13-14H2,(H,31,32)/t17-/m1/s1. The summed E-state index contributed by atoms with van der Waals surface area (Å²) in [4.78, 5) is 26.7. The lowest BCUT2D eigenvalue weighted by atomic mass is 10.2. The Hall–Kier alpha value is -1.94. The van der Waals surface area contributed by atoms with E-state index in [-0.39, 0.29) is 18.7 Å². The smallest absolute Gasteiger partial charge is 0.303 e. The highest BCUT2D eigenvalue weighted by Crippen LogP contribution is 2.33. The van der Waals surface area contributed by atoms with Crippen LogP contribution in [0.3, 0.4) is 0 Å². The Labute approximate surface area is 202 Å². The molecule has 1 atom stereocenters. The molecule has 32 heavy (non-hydrogen) atoms. The number of β-amino-alcohol motifs (C(OH)–C–C–N with tert-alkyl or cyclic N) is 1. The Bertz CT molecular complexity index is 1100. The zero-order valence-corrected chi connectivity index (χ0v) is 20.7. The van der Waals surface area contributed by atoms with Crippen molar-refractivity contribution in [2.45, 2.75) is 25.5 Å². The van der Waals surface area contributed by atoms with Gasteiger partial charge in [-0.25, -0.2) is 0 Å². The van der Waals surface area contributed by atoms with Crippen LogP contribution in [0.25, 0.3) is 21.8 Å². The maximum Gasteiger partial charge on any atom is 0.303 e. The van der Waals surface area contributed by atoms with Crippen molar-refractivity contribution in [1.29, 1.82) is 0 Å². The van der Waals surface area contributed by atoms with Crippen molar-refractivity contribution in [1.82, 2.24) is 14.4 Å².